The van der Waals surface area contributed by atoms with E-state index in [1.165, 1.54) is 11.3 Å². The summed E-state index contributed by atoms with van der Waals surface area (Å²) in [7, 11) is 0. The van der Waals surface area contributed by atoms with E-state index in [0.717, 1.165) is 16.1 Å². The van der Waals surface area contributed by atoms with Crippen molar-refractivity contribution in [1.29, 1.82) is 0 Å². The van der Waals surface area contributed by atoms with Crippen molar-refractivity contribution in [3.8, 4) is 0 Å². The number of aryl methyl sites for hydroxylation is 1. The fourth-order valence-corrected chi connectivity index (χ4v) is 2.59. The lowest BCUT2D eigenvalue weighted by Crippen LogP contribution is -2.18. The number of aromatic nitrogens is 1. The highest BCUT2D eigenvalue weighted by Crippen LogP contribution is 2.27. The number of nitrogens with zero attached hydrogens (tertiary/aromatic N) is 2. The highest BCUT2D eigenvalue weighted by atomic mass is 32.1. The van der Waals surface area contributed by atoms with Gasteiger partial charge in [-0.3, -0.25) is 15.1 Å². The number of aliphatic imine (C=N–C) groups is 1. The van der Waals surface area contributed by atoms with Gasteiger partial charge in [0, 0.05) is 34.5 Å². The molecule has 0 saturated carbocycles. The molecule has 1 aliphatic rings. The van der Waals surface area contributed by atoms with Crippen molar-refractivity contribution in [2.24, 2.45) is 10.9 Å². The normalized spacial score (nSPS) is 19.2. The zero-order valence-electron chi connectivity index (χ0n) is 11.3. The smallest absolute Gasteiger partial charge is 0.253 e. The number of anilines is 1. The molecule has 1 aliphatic carbocycles. The van der Waals surface area contributed by atoms with Gasteiger partial charge in [-0.2, -0.15) is 0 Å². The van der Waals surface area contributed by atoms with E-state index in [2.05, 4.69) is 22.2 Å². The molecule has 0 aromatic carbocycles. The van der Waals surface area contributed by atoms with Crippen LogP contribution in [0.5, 0.6) is 0 Å². The largest absolute Gasteiger partial charge is 0.298 e. The van der Waals surface area contributed by atoms with Crippen LogP contribution >= 0.6 is 11.3 Å². The summed E-state index contributed by atoms with van der Waals surface area (Å²) in [5.41, 5.74) is 1.79. The molecule has 1 heterocycles. The van der Waals surface area contributed by atoms with Crippen molar-refractivity contribution in [3.05, 3.63) is 34.5 Å². The molecular formula is C14H17N3OS. The van der Waals surface area contributed by atoms with Gasteiger partial charge in [0.05, 0.1) is 0 Å². The molecule has 0 bridgehead atoms. The second-order valence-electron chi connectivity index (χ2n) is 4.51. The summed E-state index contributed by atoms with van der Waals surface area (Å²) in [6, 6.07) is 0. The van der Waals surface area contributed by atoms with Gasteiger partial charge in [-0.05, 0) is 26.3 Å². The molecule has 0 spiro atoms. The van der Waals surface area contributed by atoms with E-state index >= 15 is 0 Å². The Kier molecular flexibility index (Phi) is 4.27. The van der Waals surface area contributed by atoms with Crippen molar-refractivity contribution in [1.82, 2.24) is 4.98 Å². The summed E-state index contributed by atoms with van der Waals surface area (Å²) in [4.78, 5) is 21.6. The molecule has 1 amide bonds. The molecule has 4 nitrogen and oxygen atoms in total. The van der Waals surface area contributed by atoms with E-state index in [1.807, 2.05) is 26.0 Å². The van der Waals surface area contributed by atoms with Crippen molar-refractivity contribution >= 4 is 28.6 Å². The summed E-state index contributed by atoms with van der Waals surface area (Å²) in [5.74, 6) is 0.192. The number of carbonyl (C=O) groups is 1. The van der Waals surface area contributed by atoms with Gasteiger partial charge in [0.15, 0.2) is 5.13 Å². The van der Waals surface area contributed by atoms with Gasteiger partial charge in [0.2, 0.25) is 0 Å². The maximum absolute atomic E-state index is 12.1. The number of rotatable bonds is 3. The van der Waals surface area contributed by atoms with Crippen molar-refractivity contribution in [2.45, 2.75) is 27.2 Å². The standard InChI is InChI=1S/C14H17N3OS/c1-4-15-12-6-5-11(7-9(12)2)13(18)17-14-16-8-10(3)19-14/h4-6,8-9H,7H2,1-3H3,(H,16,17,18). The van der Waals surface area contributed by atoms with Crippen molar-refractivity contribution in [2.75, 3.05) is 5.32 Å². The molecule has 0 fully saturated rings. The Morgan fingerprint density at radius 3 is 2.95 bits per heavy atom. The first-order chi connectivity index (χ1) is 9.10. The number of amides is 1. The van der Waals surface area contributed by atoms with Crippen LogP contribution < -0.4 is 5.32 Å². The number of thiazole rings is 1. The Morgan fingerprint density at radius 1 is 1.58 bits per heavy atom. The Hall–Kier alpha value is -1.75. The van der Waals surface area contributed by atoms with Crippen LogP contribution in [-0.4, -0.2) is 17.1 Å². The zero-order chi connectivity index (χ0) is 13.8. The van der Waals surface area contributed by atoms with E-state index in [-0.39, 0.29) is 11.8 Å². The summed E-state index contributed by atoms with van der Waals surface area (Å²) < 4.78 is 0. The first-order valence-corrected chi connectivity index (χ1v) is 7.05. The molecule has 1 N–H and O–H groups in total. The average Bonchev–Trinajstić information content (AvgIpc) is 2.77. The molecule has 0 radical (unpaired) electrons. The minimum absolute atomic E-state index is 0.0722. The third-order valence-corrected chi connectivity index (χ3v) is 3.73. The van der Waals surface area contributed by atoms with Crippen molar-refractivity contribution < 1.29 is 4.79 Å². The highest BCUT2D eigenvalue weighted by Gasteiger charge is 2.19. The molecule has 5 heteroatoms. The van der Waals surface area contributed by atoms with E-state index in [0.29, 0.717) is 11.6 Å². The van der Waals surface area contributed by atoms with Crippen LogP contribution in [-0.2, 0) is 4.79 Å². The van der Waals surface area contributed by atoms with Crippen LogP contribution in [0.25, 0.3) is 0 Å². The molecule has 2 rings (SSSR count). The van der Waals surface area contributed by atoms with Gasteiger partial charge < -0.3 is 0 Å². The van der Waals surface area contributed by atoms with Gasteiger partial charge in [0.1, 0.15) is 0 Å². The molecule has 1 unspecified atom stereocenters. The Morgan fingerprint density at radius 2 is 2.37 bits per heavy atom. The molecule has 0 saturated heterocycles. The highest BCUT2D eigenvalue weighted by molar-refractivity contribution is 7.15. The second kappa shape index (κ2) is 5.93. The van der Waals surface area contributed by atoms with Gasteiger partial charge in [-0.1, -0.05) is 13.0 Å². The van der Waals surface area contributed by atoms with Crippen LogP contribution in [0.3, 0.4) is 0 Å². The van der Waals surface area contributed by atoms with Gasteiger partial charge in [-0.25, -0.2) is 4.98 Å². The molecule has 19 heavy (non-hydrogen) atoms. The van der Waals surface area contributed by atoms with Crippen LogP contribution in [0.2, 0.25) is 0 Å². The first-order valence-electron chi connectivity index (χ1n) is 6.23. The lowest BCUT2D eigenvalue weighted by atomic mass is 9.92. The van der Waals surface area contributed by atoms with E-state index in [4.69, 9.17) is 0 Å². The quantitative estimate of drug-likeness (QED) is 0.860. The van der Waals surface area contributed by atoms with Crippen LogP contribution in [0.1, 0.15) is 25.1 Å². The zero-order valence-corrected chi connectivity index (χ0v) is 12.1. The predicted molar refractivity (Wildman–Crippen MR) is 79.6 cm³/mol. The topological polar surface area (TPSA) is 54.4 Å². The number of allylic oxidation sites excluding steroid dienone is 3. The third-order valence-electron chi connectivity index (χ3n) is 2.90. The lowest BCUT2D eigenvalue weighted by Gasteiger charge is -2.17. The average molecular weight is 275 g/mol. The maximum atomic E-state index is 12.1. The summed E-state index contributed by atoms with van der Waals surface area (Å²) >= 11 is 1.48. The van der Waals surface area contributed by atoms with Crippen LogP contribution in [0.15, 0.2) is 34.6 Å². The molecule has 1 atom stereocenters. The van der Waals surface area contributed by atoms with E-state index in [9.17, 15) is 4.79 Å². The molecule has 1 aromatic rings. The van der Waals surface area contributed by atoms with E-state index in [1.54, 1.807) is 12.4 Å². The molecule has 0 aliphatic heterocycles. The number of carbonyl (C=O) groups excluding carboxylic acids is 1. The van der Waals surface area contributed by atoms with Crippen LogP contribution in [0, 0.1) is 12.8 Å². The molecule has 100 valence electrons. The number of nitrogens with one attached hydrogen (secondary N) is 1. The summed E-state index contributed by atoms with van der Waals surface area (Å²) in [5, 5.41) is 3.48. The van der Waals surface area contributed by atoms with Gasteiger partial charge in [0.25, 0.3) is 5.91 Å². The summed E-state index contributed by atoms with van der Waals surface area (Å²) in [6.45, 7) is 5.93. The molecule has 1 aromatic heterocycles. The van der Waals surface area contributed by atoms with Crippen molar-refractivity contribution in [3.63, 3.8) is 0 Å². The fourth-order valence-electron chi connectivity index (χ4n) is 1.93. The third kappa shape index (κ3) is 3.38. The minimum Gasteiger partial charge on any atom is -0.298 e. The maximum Gasteiger partial charge on any atom is 0.253 e. The molecular weight excluding hydrogens is 258 g/mol. The van der Waals surface area contributed by atoms with E-state index < -0.39 is 0 Å². The predicted octanol–water partition coefficient (Wildman–Crippen LogP) is 3.33. The fraction of sp³-hybridized carbons (Fsp3) is 0.357. The Balaban J connectivity index is 2.08. The Labute approximate surface area is 117 Å². The number of hydrogen-bond acceptors (Lipinski definition) is 4. The minimum atomic E-state index is -0.0722. The van der Waals surface area contributed by atoms with Gasteiger partial charge >= 0.3 is 0 Å². The monoisotopic (exact) mass is 275 g/mol. The van der Waals surface area contributed by atoms with Gasteiger partial charge in [-0.15, -0.1) is 11.3 Å². The number of hydrogen-bond donors (Lipinski definition) is 1. The first kappa shape index (κ1) is 13.7. The SMILES string of the molecule is CC=NC1=CC=C(C(=O)Nc2ncc(C)s2)CC1C. The second-order valence-corrected chi connectivity index (χ2v) is 5.74. The lowest BCUT2D eigenvalue weighted by molar-refractivity contribution is -0.113. The summed E-state index contributed by atoms with van der Waals surface area (Å²) in [6.07, 6.45) is 8.00. The Bertz CT molecular complexity index is 569. The van der Waals surface area contributed by atoms with Crippen LogP contribution in [0.4, 0.5) is 5.13 Å².